The first-order valence-corrected chi connectivity index (χ1v) is 7.63. The molecule has 7 nitrogen and oxygen atoms in total. The Kier molecular flexibility index (Phi) is 5.26. The van der Waals surface area contributed by atoms with Gasteiger partial charge in [-0.2, -0.15) is 0 Å². The monoisotopic (exact) mass is 339 g/mol. The maximum absolute atomic E-state index is 12.0. The number of nitrogens with one attached hydrogen (secondary N) is 1. The number of carbonyl (C=O) groups is 1. The van der Waals surface area contributed by atoms with Crippen molar-refractivity contribution in [3.8, 4) is 23.0 Å². The van der Waals surface area contributed by atoms with Crippen molar-refractivity contribution in [1.82, 2.24) is 15.3 Å². The van der Waals surface area contributed by atoms with Gasteiger partial charge in [0.25, 0.3) is 5.91 Å². The van der Waals surface area contributed by atoms with E-state index in [4.69, 9.17) is 13.9 Å². The predicted molar refractivity (Wildman–Crippen MR) is 90.1 cm³/mol. The summed E-state index contributed by atoms with van der Waals surface area (Å²) in [6.07, 6.45) is 4.72. The molecule has 0 unspecified atom stereocenters. The van der Waals surface area contributed by atoms with Crippen LogP contribution in [-0.4, -0.2) is 29.6 Å². The van der Waals surface area contributed by atoms with Gasteiger partial charge < -0.3 is 19.2 Å². The van der Waals surface area contributed by atoms with E-state index in [1.807, 2.05) is 0 Å². The van der Waals surface area contributed by atoms with Gasteiger partial charge in [0.1, 0.15) is 17.2 Å². The minimum absolute atomic E-state index is 0.0946. The second-order valence-corrected chi connectivity index (χ2v) is 5.07. The number of methoxy groups -OCH3 is 1. The van der Waals surface area contributed by atoms with Crippen LogP contribution in [0.5, 0.6) is 11.5 Å². The van der Waals surface area contributed by atoms with Crippen LogP contribution in [0.25, 0.3) is 11.5 Å². The molecule has 0 aliphatic carbocycles. The van der Waals surface area contributed by atoms with Gasteiger partial charge in [0.15, 0.2) is 12.4 Å². The molecule has 0 saturated carbocycles. The van der Waals surface area contributed by atoms with Crippen molar-refractivity contribution >= 4 is 5.91 Å². The summed E-state index contributed by atoms with van der Waals surface area (Å²) in [5.41, 5.74) is 1.22. The SMILES string of the molecule is COc1ccc(OCC(=O)NCc2nccnc2-c2ccco2)cc1. The molecule has 0 bridgehead atoms. The molecular formula is C18H17N3O4. The number of carbonyl (C=O) groups excluding carboxylic acids is 1. The van der Waals surface area contributed by atoms with Gasteiger partial charge in [-0.3, -0.25) is 9.78 Å². The van der Waals surface area contributed by atoms with Gasteiger partial charge in [-0.1, -0.05) is 0 Å². The molecule has 25 heavy (non-hydrogen) atoms. The molecule has 0 radical (unpaired) electrons. The normalized spacial score (nSPS) is 10.3. The molecule has 7 heteroatoms. The standard InChI is InChI=1S/C18H17N3O4/c1-23-13-4-6-14(7-5-13)25-12-17(22)21-11-15-18(20-9-8-19-15)16-3-2-10-24-16/h2-10H,11-12H2,1H3,(H,21,22). The highest BCUT2D eigenvalue weighted by Gasteiger charge is 2.11. The third kappa shape index (κ3) is 4.35. The Labute approximate surface area is 144 Å². The molecule has 0 saturated heterocycles. The number of rotatable bonds is 7. The quantitative estimate of drug-likeness (QED) is 0.711. The van der Waals surface area contributed by atoms with E-state index in [0.29, 0.717) is 22.9 Å². The van der Waals surface area contributed by atoms with E-state index in [1.54, 1.807) is 62.2 Å². The van der Waals surface area contributed by atoms with Gasteiger partial charge in [0, 0.05) is 12.4 Å². The van der Waals surface area contributed by atoms with E-state index >= 15 is 0 Å². The number of hydrogen-bond acceptors (Lipinski definition) is 6. The molecule has 0 aliphatic rings. The molecule has 2 heterocycles. The lowest BCUT2D eigenvalue weighted by Gasteiger charge is -2.09. The molecule has 0 fully saturated rings. The molecule has 2 aromatic heterocycles. The average molecular weight is 339 g/mol. The van der Waals surface area contributed by atoms with E-state index in [0.717, 1.165) is 5.75 Å². The molecule has 3 aromatic rings. The Morgan fingerprint density at radius 2 is 1.88 bits per heavy atom. The average Bonchev–Trinajstić information content (AvgIpc) is 3.20. The fourth-order valence-corrected chi connectivity index (χ4v) is 2.17. The van der Waals surface area contributed by atoms with Crippen LogP contribution >= 0.6 is 0 Å². The lowest BCUT2D eigenvalue weighted by Crippen LogP contribution is -2.29. The molecular weight excluding hydrogens is 322 g/mol. The number of nitrogens with zero attached hydrogens (tertiary/aromatic N) is 2. The predicted octanol–water partition coefficient (Wildman–Crippen LogP) is 2.44. The molecule has 0 atom stereocenters. The molecule has 1 amide bonds. The fourth-order valence-electron chi connectivity index (χ4n) is 2.17. The van der Waals surface area contributed by atoms with E-state index in [1.165, 1.54) is 0 Å². The van der Waals surface area contributed by atoms with E-state index in [2.05, 4.69) is 15.3 Å². The summed E-state index contributed by atoms with van der Waals surface area (Å²) >= 11 is 0. The highest BCUT2D eigenvalue weighted by atomic mass is 16.5. The molecule has 128 valence electrons. The van der Waals surface area contributed by atoms with Crippen LogP contribution in [0.1, 0.15) is 5.69 Å². The maximum atomic E-state index is 12.0. The van der Waals surface area contributed by atoms with Crippen molar-refractivity contribution in [2.75, 3.05) is 13.7 Å². The summed E-state index contributed by atoms with van der Waals surface area (Å²) < 4.78 is 15.8. The molecule has 1 aromatic carbocycles. The zero-order valence-electron chi connectivity index (χ0n) is 13.6. The van der Waals surface area contributed by atoms with Gasteiger partial charge in [-0.05, 0) is 36.4 Å². The lowest BCUT2D eigenvalue weighted by molar-refractivity contribution is -0.123. The highest BCUT2D eigenvalue weighted by Crippen LogP contribution is 2.20. The van der Waals surface area contributed by atoms with Crippen LogP contribution in [0.15, 0.2) is 59.5 Å². The van der Waals surface area contributed by atoms with Crippen LogP contribution in [0.2, 0.25) is 0 Å². The second-order valence-electron chi connectivity index (χ2n) is 5.07. The number of hydrogen-bond donors (Lipinski definition) is 1. The van der Waals surface area contributed by atoms with Crippen LogP contribution < -0.4 is 14.8 Å². The van der Waals surface area contributed by atoms with Crippen molar-refractivity contribution in [2.24, 2.45) is 0 Å². The number of furan rings is 1. The van der Waals surface area contributed by atoms with Crippen LogP contribution in [0.3, 0.4) is 0 Å². The number of aromatic nitrogens is 2. The van der Waals surface area contributed by atoms with E-state index in [9.17, 15) is 4.79 Å². The van der Waals surface area contributed by atoms with Crippen LogP contribution in [0, 0.1) is 0 Å². The first-order chi connectivity index (χ1) is 12.3. The van der Waals surface area contributed by atoms with E-state index in [-0.39, 0.29) is 19.1 Å². The van der Waals surface area contributed by atoms with Crippen molar-refractivity contribution in [3.63, 3.8) is 0 Å². The lowest BCUT2D eigenvalue weighted by atomic mass is 10.2. The zero-order chi connectivity index (χ0) is 17.5. The third-order valence-electron chi connectivity index (χ3n) is 3.41. The van der Waals surface area contributed by atoms with Gasteiger partial charge >= 0.3 is 0 Å². The zero-order valence-corrected chi connectivity index (χ0v) is 13.6. The topological polar surface area (TPSA) is 86.5 Å². The first-order valence-electron chi connectivity index (χ1n) is 7.63. The van der Waals surface area contributed by atoms with Gasteiger partial charge in [0.2, 0.25) is 0 Å². The molecule has 3 rings (SSSR count). The molecule has 1 N–H and O–H groups in total. The largest absolute Gasteiger partial charge is 0.497 e. The molecule has 0 aliphatic heterocycles. The minimum Gasteiger partial charge on any atom is -0.497 e. The first kappa shape index (κ1) is 16.5. The number of benzene rings is 1. The van der Waals surface area contributed by atoms with Crippen molar-refractivity contribution in [3.05, 3.63) is 60.7 Å². The summed E-state index contributed by atoms with van der Waals surface area (Å²) in [6.45, 7) is 0.136. The second kappa shape index (κ2) is 7.96. The smallest absolute Gasteiger partial charge is 0.258 e. The Morgan fingerprint density at radius 1 is 1.12 bits per heavy atom. The molecule has 0 spiro atoms. The van der Waals surface area contributed by atoms with Gasteiger partial charge in [0.05, 0.1) is 25.6 Å². The fraction of sp³-hybridized carbons (Fsp3) is 0.167. The Bertz CT molecular complexity index is 817. The summed E-state index contributed by atoms with van der Waals surface area (Å²) in [5, 5.41) is 2.76. The van der Waals surface area contributed by atoms with Crippen LogP contribution in [-0.2, 0) is 11.3 Å². The summed E-state index contributed by atoms with van der Waals surface area (Å²) in [6, 6.07) is 10.6. The van der Waals surface area contributed by atoms with Gasteiger partial charge in [-0.15, -0.1) is 0 Å². The number of amides is 1. The minimum atomic E-state index is -0.258. The Balaban J connectivity index is 1.54. The Morgan fingerprint density at radius 3 is 2.60 bits per heavy atom. The van der Waals surface area contributed by atoms with Crippen LogP contribution in [0.4, 0.5) is 0 Å². The third-order valence-corrected chi connectivity index (χ3v) is 3.41. The van der Waals surface area contributed by atoms with Crippen molar-refractivity contribution in [2.45, 2.75) is 6.54 Å². The van der Waals surface area contributed by atoms with Gasteiger partial charge in [-0.25, -0.2) is 4.98 Å². The number of ether oxygens (including phenoxy) is 2. The van der Waals surface area contributed by atoms with Crippen molar-refractivity contribution < 1.29 is 18.7 Å². The summed E-state index contributed by atoms with van der Waals surface area (Å²) in [7, 11) is 1.59. The summed E-state index contributed by atoms with van der Waals surface area (Å²) in [4.78, 5) is 20.5. The maximum Gasteiger partial charge on any atom is 0.258 e. The van der Waals surface area contributed by atoms with Crippen molar-refractivity contribution in [1.29, 1.82) is 0 Å². The summed E-state index contributed by atoms with van der Waals surface area (Å²) in [5.74, 6) is 1.66. The Hall–Kier alpha value is -3.35. The van der Waals surface area contributed by atoms with E-state index < -0.39 is 0 Å². The highest BCUT2D eigenvalue weighted by molar-refractivity contribution is 5.77.